The zero-order chi connectivity index (χ0) is 25.0. The molecule has 1 fully saturated rings. The summed E-state index contributed by atoms with van der Waals surface area (Å²) >= 11 is 1.33. The Bertz CT molecular complexity index is 1160. The minimum atomic E-state index is -1.11. The Kier molecular flexibility index (Phi) is 8.98. The number of hydrogen-bond donors (Lipinski definition) is 2. The molecule has 4 rings (SSSR count). The van der Waals surface area contributed by atoms with Gasteiger partial charge in [-0.25, -0.2) is 9.18 Å². The van der Waals surface area contributed by atoms with Gasteiger partial charge in [0, 0.05) is 11.9 Å². The van der Waals surface area contributed by atoms with Gasteiger partial charge in [0.15, 0.2) is 5.82 Å². The van der Waals surface area contributed by atoms with Gasteiger partial charge in [-0.05, 0) is 25.8 Å². The van der Waals surface area contributed by atoms with Gasteiger partial charge in [0.2, 0.25) is 10.9 Å². The van der Waals surface area contributed by atoms with E-state index >= 15 is 0 Å². The van der Waals surface area contributed by atoms with Crippen molar-refractivity contribution in [3.63, 3.8) is 0 Å². The fourth-order valence-corrected chi connectivity index (χ4v) is 4.45. The van der Waals surface area contributed by atoms with E-state index in [-0.39, 0.29) is 33.1 Å². The molecule has 0 spiro atoms. The molecule has 0 aliphatic carbocycles. The predicted molar refractivity (Wildman–Crippen MR) is 134 cm³/mol. The van der Waals surface area contributed by atoms with Crippen LogP contribution < -0.4 is 11.1 Å². The number of alkyl halides is 1. The summed E-state index contributed by atoms with van der Waals surface area (Å²) in [5.74, 6) is 0.0588. The van der Waals surface area contributed by atoms with Crippen LogP contribution in [0, 0.1) is 0 Å². The first kappa shape index (κ1) is 27.5. The maximum absolute atomic E-state index is 13.4. The van der Waals surface area contributed by atoms with Crippen LogP contribution in [0.15, 0.2) is 35.7 Å². The van der Waals surface area contributed by atoms with Gasteiger partial charge in [-0.3, -0.25) is 9.20 Å². The molecule has 3 N–H and O–H groups in total. The molecule has 1 aromatic carbocycles. The first-order valence-electron chi connectivity index (χ1n) is 11.3. The van der Waals surface area contributed by atoms with Crippen LogP contribution in [-0.4, -0.2) is 62.9 Å². The Morgan fingerprint density at radius 3 is 2.69 bits per heavy atom. The lowest BCUT2D eigenvalue weighted by atomic mass is 10.1. The Hall–Kier alpha value is -3.09. The van der Waals surface area contributed by atoms with Crippen LogP contribution in [0.2, 0.25) is 0 Å². The van der Waals surface area contributed by atoms with E-state index in [1.807, 2.05) is 30.3 Å². The number of hydrogen-bond acceptors (Lipinski definition) is 8. The Morgan fingerprint density at radius 1 is 1.28 bits per heavy atom. The molecule has 0 bridgehead atoms. The highest BCUT2D eigenvalue weighted by atomic mass is 32.1. The topological polar surface area (TPSA) is 124 Å². The summed E-state index contributed by atoms with van der Waals surface area (Å²) in [7, 11) is 0. The highest BCUT2D eigenvalue weighted by Gasteiger charge is 2.30. The second-order valence-electron chi connectivity index (χ2n) is 9.04. The van der Waals surface area contributed by atoms with E-state index in [9.17, 15) is 14.0 Å². The van der Waals surface area contributed by atoms with Crippen LogP contribution in [0.3, 0.4) is 0 Å². The highest BCUT2D eigenvalue weighted by molar-refractivity contribution is 7.15. The number of ether oxygens (including phenoxy) is 2. The summed E-state index contributed by atoms with van der Waals surface area (Å²) in [6.45, 7) is 4.01. The van der Waals surface area contributed by atoms with E-state index in [4.69, 9.17) is 15.2 Å². The number of carbonyl (C=O) groups is 2. The molecular weight excluding hydrogens is 487 g/mol. The van der Waals surface area contributed by atoms with Crippen LogP contribution in [0.5, 0.6) is 0 Å². The quantitative estimate of drug-likeness (QED) is 0.444. The number of rotatable bonds is 9. The number of aromatic nitrogens is 3. The van der Waals surface area contributed by atoms with E-state index in [1.165, 1.54) is 16.2 Å². The standard InChI is InChI=1S/C23H29FN6O4S.CH4/c1-23(2,25)20(31)26-18(13-33-11-15-6-4-3-5-7-15)19-27-28-21-30(19)17(14-35-21)12-34-22(32)29-9-8-16(24)10-29;/h3-7,14,16,18H,8-13,25H2,1-2H3,(H,26,31);1H4/t16-,18+;/m0./s1. The second kappa shape index (κ2) is 11.8. The maximum Gasteiger partial charge on any atom is 0.410 e. The molecule has 3 heterocycles. The molecule has 10 nitrogen and oxygen atoms in total. The number of fused-ring (bicyclic) bond motifs is 1. The number of amides is 2. The van der Waals surface area contributed by atoms with Crippen molar-refractivity contribution in [1.82, 2.24) is 24.8 Å². The molecule has 2 aromatic heterocycles. The third-order valence-corrected chi connectivity index (χ3v) is 6.44. The molecule has 3 aromatic rings. The summed E-state index contributed by atoms with van der Waals surface area (Å²) in [5, 5.41) is 13.2. The molecule has 1 aliphatic heterocycles. The molecule has 36 heavy (non-hydrogen) atoms. The van der Waals surface area contributed by atoms with Gasteiger partial charge in [0.05, 0.1) is 31.0 Å². The number of thiazole rings is 1. The van der Waals surface area contributed by atoms with E-state index in [0.29, 0.717) is 36.1 Å². The summed E-state index contributed by atoms with van der Waals surface area (Å²) in [6, 6.07) is 9.01. The van der Waals surface area contributed by atoms with Gasteiger partial charge in [0.25, 0.3) is 0 Å². The van der Waals surface area contributed by atoms with Crippen LogP contribution in [-0.2, 0) is 27.5 Å². The normalized spacial score (nSPS) is 16.6. The Balaban J connectivity index is 0.00000361. The smallest absolute Gasteiger partial charge is 0.410 e. The number of nitrogens with two attached hydrogens (primary N) is 1. The summed E-state index contributed by atoms with van der Waals surface area (Å²) < 4.78 is 26.5. The van der Waals surface area contributed by atoms with Crippen molar-refractivity contribution >= 4 is 28.3 Å². The zero-order valence-electron chi connectivity index (χ0n) is 19.6. The number of nitrogens with zero attached hydrogens (tertiary/aromatic N) is 4. The molecule has 12 heteroatoms. The van der Waals surface area contributed by atoms with Crippen molar-refractivity contribution in [2.24, 2.45) is 5.73 Å². The van der Waals surface area contributed by atoms with Crippen molar-refractivity contribution in [3.05, 3.63) is 52.8 Å². The average Bonchev–Trinajstić information content (AvgIpc) is 3.54. The van der Waals surface area contributed by atoms with Crippen molar-refractivity contribution < 1.29 is 23.5 Å². The monoisotopic (exact) mass is 520 g/mol. The molecule has 0 unspecified atom stereocenters. The van der Waals surface area contributed by atoms with E-state index in [1.54, 1.807) is 23.6 Å². The van der Waals surface area contributed by atoms with Gasteiger partial charge in [-0.15, -0.1) is 21.5 Å². The largest absolute Gasteiger partial charge is 0.443 e. The first-order valence-corrected chi connectivity index (χ1v) is 12.2. The maximum atomic E-state index is 13.4. The number of halogens is 1. The van der Waals surface area contributed by atoms with E-state index in [0.717, 1.165) is 5.56 Å². The Labute approximate surface area is 213 Å². The number of benzene rings is 1. The SMILES string of the molecule is C.CC(C)(N)C(=O)N[C@H](COCc1ccccc1)c1nnc2scc(COC(=O)N3CC[C@H](F)C3)n12. The molecule has 0 saturated carbocycles. The van der Waals surface area contributed by atoms with Crippen LogP contribution in [0.1, 0.15) is 50.8 Å². The van der Waals surface area contributed by atoms with Crippen LogP contribution in [0.4, 0.5) is 9.18 Å². The number of nitrogens with one attached hydrogen (secondary N) is 1. The third-order valence-electron chi connectivity index (χ3n) is 5.58. The molecule has 196 valence electrons. The Morgan fingerprint density at radius 2 is 2.03 bits per heavy atom. The fourth-order valence-electron chi connectivity index (χ4n) is 3.63. The van der Waals surface area contributed by atoms with Gasteiger partial charge in [0.1, 0.15) is 18.8 Å². The lowest BCUT2D eigenvalue weighted by Gasteiger charge is -2.23. The molecule has 2 atom stereocenters. The molecule has 0 radical (unpaired) electrons. The summed E-state index contributed by atoms with van der Waals surface area (Å²) in [5.41, 5.74) is 6.50. The van der Waals surface area contributed by atoms with Crippen LogP contribution >= 0.6 is 11.3 Å². The summed E-state index contributed by atoms with van der Waals surface area (Å²) in [6.07, 6.45) is -1.28. The first-order chi connectivity index (χ1) is 16.7. The lowest BCUT2D eigenvalue weighted by Crippen LogP contribution is -2.51. The molecule has 2 amide bonds. The second-order valence-corrected chi connectivity index (χ2v) is 9.87. The van der Waals surface area contributed by atoms with Crippen molar-refractivity contribution in [1.29, 1.82) is 0 Å². The number of likely N-dealkylation sites (tertiary alicyclic amines) is 1. The lowest BCUT2D eigenvalue weighted by molar-refractivity contribution is -0.126. The minimum absolute atomic E-state index is 0. The highest BCUT2D eigenvalue weighted by Crippen LogP contribution is 2.23. The van der Waals surface area contributed by atoms with Gasteiger partial charge >= 0.3 is 6.09 Å². The van der Waals surface area contributed by atoms with Crippen molar-refractivity contribution in [2.45, 2.75) is 58.7 Å². The van der Waals surface area contributed by atoms with Crippen molar-refractivity contribution in [2.75, 3.05) is 19.7 Å². The average molecular weight is 521 g/mol. The van der Waals surface area contributed by atoms with Gasteiger partial charge in [-0.1, -0.05) is 37.8 Å². The van der Waals surface area contributed by atoms with E-state index < -0.39 is 23.8 Å². The minimum Gasteiger partial charge on any atom is -0.443 e. The van der Waals surface area contributed by atoms with Crippen LogP contribution in [0.25, 0.3) is 4.96 Å². The zero-order valence-corrected chi connectivity index (χ0v) is 20.5. The molecule has 1 saturated heterocycles. The van der Waals surface area contributed by atoms with Gasteiger partial charge in [-0.2, -0.15) is 0 Å². The predicted octanol–water partition coefficient (Wildman–Crippen LogP) is 3.22. The third kappa shape index (κ3) is 6.56. The summed E-state index contributed by atoms with van der Waals surface area (Å²) in [4.78, 5) is 26.9. The molecule has 1 aliphatic rings. The van der Waals surface area contributed by atoms with Crippen molar-refractivity contribution in [3.8, 4) is 0 Å². The van der Waals surface area contributed by atoms with E-state index in [2.05, 4.69) is 15.5 Å². The number of carbonyl (C=O) groups excluding carboxylic acids is 2. The molecular formula is C24H33FN6O4S. The van der Waals surface area contributed by atoms with Gasteiger partial charge < -0.3 is 25.4 Å². The fraction of sp³-hybridized carbons (Fsp3) is 0.500.